The summed E-state index contributed by atoms with van der Waals surface area (Å²) in [4.78, 5) is 24.0. The molecule has 1 aliphatic heterocycles. The number of carboxylic acids is 1. The van der Waals surface area contributed by atoms with Gasteiger partial charge in [0.05, 0.1) is 6.42 Å². The van der Waals surface area contributed by atoms with Crippen LogP contribution in [0.5, 0.6) is 0 Å². The molecule has 5 heteroatoms. The van der Waals surface area contributed by atoms with E-state index in [-0.39, 0.29) is 18.7 Å². The molecule has 1 rings (SSSR count). The molecular formula is C12H22N2O3. The smallest absolute Gasteiger partial charge is 0.303 e. The Morgan fingerprint density at radius 1 is 1.24 bits per heavy atom. The molecule has 98 valence electrons. The third-order valence-electron chi connectivity index (χ3n) is 3.17. The SMILES string of the molecule is CC(CNC(=O)CCC(=O)O)N1CCCCC1. The fourth-order valence-corrected chi connectivity index (χ4v) is 2.06. The van der Waals surface area contributed by atoms with Crippen LogP contribution in [0.15, 0.2) is 0 Å². The number of rotatable bonds is 6. The molecule has 1 saturated heterocycles. The van der Waals surface area contributed by atoms with Gasteiger partial charge in [-0.1, -0.05) is 6.42 Å². The molecule has 0 aromatic heterocycles. The van der Waals surface area contributed by atoms with E-state index in [0.29, 0.717) is 12.6 Å². The zero-order chi connectivity index (χ0) is 12.7. The van der Waals surface area contributed by atoms with Crippen LogP contribution in [0.3, 0.4) is 0 Å². The van der Waals surface area contributed by atoms with Crippen molar-refractivity contribution < 1.29 is 14.7 Å². The van der Waals surface area contributed by atoms with E-state index in [2.05, 4.69) is 17.1 Å². The molecule has 0 saturated carbocycles. The number of likely N-dealkylation sites (tertiary alicyclic amines) is 1. The number of hydrogen-bond donors (Lipinski definition) is 2. The Balaban J connectivity index is 2.15. The normalized spacial score (nSPS) is 18.6. The molecule has 1 unspecified atom stereocenters. The monoisotopic (exact) mass is 242 g/mol. The van der Waals surface area contributed by atoms with Gasteiger partial charge in [-0.3, -0.25) is 14.5 Å². The van der Waals surface area contributed by atoms with E-state index < -0.39 is 5.97 Å². The largest absolute Gasteiger partial charge is 0.481 e. The van der Waals surface area contributed by atoms with E-state index in [9.17, 15) is 9.59 Å². The molecule has 1 aliphatic rings. The summed E-state index contributed by atoms with van der Waals surface area (Å²) in [6, 6.07) is 0.337. The zero-order valence-electron chi connectivity index (χ0n) is 10.4. The third-order valence-corrected chi connectivity index (χ3v) is 3.17. The quantitative estimate of drug-likeness (QED) is 0.724. The highest BCUT2D eigenvalue weighted by Gasteiger charge is 2.17. The fourth-order valence-electron chi connectivity index (χ4n) is 2.06. The van der Waals surface area contributed by atoms with Crippen molar-refractivity contribution in [2.45, 2.75) is 45.1 Å². The van der Waals surface area contributed by atoms with Crippen LogP contribution in [0, 0.1) is 0 Å². The molecule has 1 atom stereocenters. The molecule has 0 bridgehead atoms. The first-order chi connectivity index (χ1) is 8.09. The summed E-state index contributed by atoms with van der Waals surface area (Å²) in [6.45, 7) is 4.92. The van der Waals surface area contributed by atoms with Gasteiger partial charge in [-0.25, -0.2) is 0 Å². The van der Waals surface area contributed by atoms with E-state index in [1.165, 1.54) is 19.3 Å². The van der Waals surface area contributed by atoms with Crippen LogP contribution in [0.1, 0.15) is 39.0 Å². The van der Waals surface area contributed by atoms with Gasteiger partial charge in [0.25, 0.3) is 0 Å². The van der Waals surface area contributed by atoms with E-state index in [0.717, 1.165) is 13.1 Å². The Bertz CT molecular complexity index is 262. The zero-order valence-corrected chi connectivity index (χ0v) is 10.4. The molecule has 2 N–H and O–H groups in total. The molecule has 1 amide bonds. The second-order valence-corrected chi connectivity index (χ2v) is 4.64. The number of amides is 1. The van der Waals surface area contributed by atoms with Gasteiger partial charge < -0.3 is 10.4 Å². The first kappa shape index (κ1) is 14.0. The summed E-state index contributed by atoms with van der Waals surface area (Å²) >= 11 is 0. The molecule has 0 radical (unpaired) electrons. The third kappa shape index (κ3) is 5.68. The Morgan fingerprint density at radius 2 is 1.88 bits per heavy atom. The van der Waals surface area contributed by atoms with Gasteiger partial charge in [-0.2, -0.15) is 0 Å². The number of carbonyl (C=O) groups is 2. The minimum absolute atomic E-state index is 0.0715. The number of hydrogen-bond acceptors (Lipinski definition) is 3. The average molecular weight is 242 g/mol. The molecular weight excluding hydrogens is 220 g/mol. The van der Waals surface area contributed by atoms with Crippen LogP contribution < -0.4 is 5.32 Å². The molecule has 5 nitrogen and oxygen atoms in total. The van der Waals surface area contributed by atoms with Gasteiger partial charge in [-0.15, -0.1) is 0 Å². The topological polar surface area (TPSA) is 69.6 Å². The summed E-state index contributed by atoms with van der Waals surface area (Å²) in [5, 5.41) is 11.2. The number of carbonyl (C=O) groups excluding carboxylic acids is 1. The summed E-state index contributed by atoms with van der Waals surface area (Å²) in [7, 11) is 0. The van der Waals surface area contributed by atoms with Crippen LogP contribution in [0.2, 0.25) is 0 Å². The van der Waals surface area contributed by atoms with Crippen molar-refractivity contribution in [1.29, 1.82) is 0 Å². The Hall–Kier alpha value is -1.10. The molecule has 1 heterocycles. The maximum absolute atomic E-state index is 11.3. The van der Waals surface area contributed by atoms with Crippen molar-refractivity contribution in [2.24, 2.45) is 0 Å². The van der Waals surface area contributed by atoms with Gasteiger partial charge in [0, 0.05) is 19.0 Å². The number of aliphatic carboxylic acids is 1. The van der Waals surface area contributed by atoms with Crippen molar-refractivity contribution in [2.75, 3.05) is 19.6 Å². The van der Waals surface area contributed by atoms with E-state index >= 15 is 0 Å². The van der Waals surface area contributed by atoms with Crippen molar-refractivity contribution in [1.82, 2.24) is 10.2 Å². The second kappa shape index (κ2) is 7.27. The van der Waals surface area contributed by atoms with Crippen molar-refractivity contribution in [3.63, 3.8) is 0 Å². The van der Waals surface area contributed by atoms with Gasteiger partial charge in [0.2, 0.25) is 5.91 Å². The predicted octanol–water partition coefficient (Wildman–Crippen LogP) is 0.842. The minimum atomic E-state index is -0.927. The Labute approximate surface area is 102 Å². The maximum Gasteiger partial charge on any atom is 0.303 e. The van der Waals surface area contributed by atoms with Crippen LogP contribution in [-0.2, 0) is 9.59 Å². The first-order valence-electron chi connectivity index (χ1n) is 6.32. The van der Waals surface area contributed by atoms with Crippen LogP contribution in [-0.4, -0.2) is 47.6 Å². The Kier molecular flexibility index (Phi) is 5.97. The first-order valence-corrected chi connectivity index (χ1v) is 6.32. The lowest BCUT2D eigenvalue weighted by Gasteiger charge is -2.32. The molecule has 17 heavy (non-hydrogen) atoms. The van der Waals surface area contributed by atoms with Crippen LogP contribution in [0.25, 0.3) is 0 Å². The number of nitrogens with zero attached hydrogens (tertiary/aromatic N) is 1. The van der Waals surface area contributed by atoms with Crippen molar-refractivity contribution >= 4 is 11.9 Å². The predicted molar refractivity (Wildman–Crippen MR) is 64.8 cm³/mol. The minimum Gasteiger partial charge on any atom is -0.481 e. The highest BCUT2D eigenvalue weighted by molar-refractivity contribution is 5.80. The van der Waals surface area contributed by atoms with Gasteiger partial charge in [-0.05, 0) is 32.9 Å². The van der Waals surface area contributed by atoms with Crippen molar-refractivity contribution in [3.05, 3.63) is 0 Å². The molecule has 1 fully saturated rings. The number of carboxylic acid groups (broad SMARTS) is 1. The van der Waals surface area contributed by atoms with Crippen molar-refractivity contribution in [3.8, 4) is 0 Å². The lowest BCUT2D eigenvalue weighted by Crippen LogP contribution is -2.44. The lowest BCUT2D eigenvalue weighted by molar-refractivity contribution is -0.138. The van der Waals surface area contributed by atoms with E-state index in [1.807, 2.05) is 0 Å². The van der Waals surface area contributed by atoms with Gasteiger partial charge in [0.1, 0.15) is 0 Å². The molecule has 0 aliphatic carbocycles. The Morgan fingerprint density at radius 3 is 2.47 bits per heavy atom. The highest BCUT2D eigenvalue weighted by Crippen LogP contribution is 2.11. The van der Waals surface area contributed by atoms with Gasteiger partial charge >= 0.3 is 5.97 Å². The highest BCUT2D eigenvalue weighted by atomic mass is 16.4. The number of piperidine rings is 1. The molecule has 0 aromatic carbocycles. The fraction of sp³-hybridized carbons (Fsp3) is 0.833. The molecule has 0 spiro atoms. The summed E-state index contributed by atoms with van der Waals surface area (Å²) < 4.78 is 0. The van der Waals surface area contributed by atoms with E-state index in [4.69, 9.17) is 5.11 Å². The lowest BCUT2D eigenvalue weighted by atomic mass is 10.1. The van der Waals surface area contributed by atoms with E-state index in [1.54, 1.807) is 0 Å². The second-order valence-electron chi connectivity index (χ2n) is 4.64. The van der Waals surface area contributed by atoms with Gasteiger partial charge in [0.15, 0.2) is 0 Å². The van der Waals surface area contributed by atoms with Crippen LogP contribution in [0.4, 0.5) is 0 Å². The summed E-state index contributed by atoms with van der Waals surface area (Å²) in [5.74, 6) is -1.10. The number of nitrogens with one attached hydrogen (secondary N) is 1. The standard InChI is InChI=1S/C12H22N2O3/c1-10(14-7-3-2-4-8-14)9-13-11(15)5-6-12(16)17/h10H,2-9H2,1H3,(H,13,15)(H,16,17). The average Bonchev–Trinajstić information content (AvgIpc) is 2.34. The van der Waals surface area contributed by atoms with Crippen LogP contribution >= 0.6 is 0 Å². The summed E-state index contributed by atoms with van der Waals surface area (Å²) in [6.07, 6.45) is 3.74. The summed E-state index contributed by atoms with van der Waals surface area (Å²) in [5.41, 5.74) is 0. The maximum atomic E-state index is 11.3. The molecule has 0 aromatic rings.